The van der Waals surface area contributed by atoms with Gasteiger partial charge in [0.15, 0.2) is 17.3 Å². The third kappa shape index (κ3) is 27.9. The van der Waals surface area contributed by atoms with E-state index in [0.29, 0.717) is 68.9 Å². The predicted molar refractivity (Wildman–Crippen MR) is 378 cm³/mol. The maximum atomic E-state index is 12.4. The van der Waals surface area contributed by atoms with E-state index in [1.807, 2.05) is 64.2 Å². The lowest BCUT2D eigenvalue weighted by Gasteiger charge is -2.42. The number of allylic oxidation sites excluding steroid dienone is 3. The number of hydrogen-bond acceptors (Lipinski definition) is 23. The fraction of sp³-hybridized carbons (Fsp3) is 0.250. The Bertz CT molecular complexity index is 3730. The Labute approximate surface area is 576 Å². The second-order valence-electron chi connectivity index (χ2n) is 20.1. The average Bonchev–Trinajstić information content (AvgIpc) is 1.75. The van der Waals surface area contributed by atoms with Crippen LogP contribution in [0.4, 0.5) is 22.7 Å². The molecule has 5 heterocycles. The van der Waals surface area contributed by atoms with Crippen LogP contribution in [0.1, 0.15) is 55.9 Å². The summed E-state index contributed by atoms with van der Waals surface area (Å²) < 4.78 is 9.72. The van der Waals surface area contributed by atoms with Gasteiger partial charge in [-0.3, -0.25) is 29.4 Å². The molecule has 99 heavy (non-hydrogen) atoms. The molecule has 7 aromatic rings. The first-order chi connectivity index (χ1) is 47.1. The van der Waals surface area contributed by atoms with Crippen LogP contribution in [0.2, 0.25) is 0 Å². The molecular formula is C68H91N19O12+2. The zero-order chi connectivity index (χ0) is 74.8. The van der Waals surface area contributed by atoms with Crippen molar-refractivity contribution in [2.24, 2.45) is 57.7 Å². The SMILES string of the molecule is C/C=C(\O)c1n(C)nc[n+]1C.C=C/C(O)=C1\N(C)C=NN1C.C=CC(=O)N(O)c1ccccc1.C=CC(=O)N(OC(=O)CC)c1ccccc1.C=CC(O)(c1n(C)nc[n+]1C)N([O-])c1ccccc1.C=CC=O.CCC(=O)c1n(C)nc[n+]1C.CN1C=NN(C)C1.O=Nc1ccccc1. The summed E-state index contributed by atoms with van der Waals surface area (Å²) in [6, 6.07) is 34.4. The van der Waals surface area contributed by atoms with Crippen molar-refractivity contribution in [3.63, 3.8) is 0 Å². The number of hydrazone groups is 2. The Hall–Kier alpha value is -12.4. The van der Waals surface area contributed by atoms with Gasteiger partial charge in [-0.1, -0.05) is 120 Å². The van der Waals surface area contributed by atoms with E-state index in [0.717, 1.165) is 23.9 Å². The Morgan fingerprint density at radius 2 is 1.12 bits per heavy atom. The molecule has 1 unspecified atom stereocenters. The summed E-state index contributed by atoms with van der Waals surface area (Å²) in [5, 5.41) is 78.9. The summed E-state index contributed by atoms with van der Waals surface area (Å²) in [5.74, 6) is 1.31. The molecule has 4 aromatic carbocycles. The van der Waals surface area contributed by atoms with Gasteiger partial charge in [0.05, 0.1) is 53.7 Å². The molecule has 2 amide bonds. The maximum absolute atomic E-state index is 12.4. The van der Waals surface area contributed by atoms with Gasteiger partial charge in [-0.25, -0.2) is 23.5 Å². The minimum Gasteiger partial charge on any atom is -0.756 e. The van der Waals surface area contributed by atoms with Crippen LogP contribution in [0.5, 0.6) is 0 Å². The number of hydrogen-bond donors (Lipinski definition) is 4. The van der Waals surface area contributed by atoms with Crippen LogP contribution in [0, 0.1) is 10.1 Å². The number of benzene rings is 4. The van der Waals surface area contributed by atoms with Crippen LogP contribution < -0.4 is 28.9 Å². The fourth-order valence-electron chi connectivity index (χ4n) is 7.82. The third-order valence-electron chi connectivity index (χ3n) is 12.6. The van der Waals surface area contributed by atoms with Crippen molar-refractivity contribution in [3.05, 3.63) is 249 Å². The molecule has 0 bridgehead atoms. The highest BCUT2D eigenvalue weighted by Crippen LogP contribution is 2.29. The van der Waals surface area contributed by atoms with E-state index in [4.69, 9.17) is 9.63 Å². The molecule has 0 radical (unpaired) electrons. The molecule has 4 N–H and O–H groups in total. The van der Waals surface area contributed by atoms with Crippen molar-refractivity contribution in [2.75, 3.05) is 50.0 Å². The Balaban J connectivity index is 0.000000570. The summed E-state index contributed by atoms with van der Waals surface area (Å²) in [6.07, 6.45) is 17.1. The number of aliphatic hydroxyl groups is 3. The van der Waals surface area contributed by atoms with Crippen molar-refractivity contribution in [1.29, 1.82) is 0 Å². The molecule has 3 aromatic heterocycles. The second kappa shape index (κ2) is 45.1. The zero-order valence-corrected chi connectivity index (χ0v) is 58.2. The van der Waals surface area contributed by atoms with E-state index in [1.54, 1.807) is 223 Å². The quantitative estimate of drug-likeness (QED) is 0.00753. The smallest absolute Gasteiger partial charge is 0.332 e. The summed E-state index contributed by atoms with van der Waals surface area (Å²) in [5.41, 5.74) is -0.142. The maximum Gasteiger partial charge on any atom is 0.332 e. The van der Waals surface area contributed by atoms with Crippen molar-refractivity contribution in [1.82, 2.24) is 49.2 Å². The van der Waals surface area contributed by atoms with Crippen molar-refractivity contribution in [2.45, 2.75) is 39.3 Å². The third-order valence-corrected chi connectivity index (χ3v) is 12.6. The first-order valence-electron chi connectivity index (χ1n) is 29.9. The van der Waals surface area contributed by atoms with Crippen LogP contribution in [0.25, 0.3) is 5.76 Å². The summed E-state index contributed by atoms with van der Waals surface area (Å²) >= 11 is 0. The van der Waals surface area contributed by atoms with Crippen molar-refractivity contribution >= 4 is 71.0 Å². The van der Waals surface area contributed by atoms with Crippen LogP contribution in [-0.2, 0) is 72.0 Å². The molecule has 0 fully saturated rings. The van der Waals surface area contributed by atoms with E-state index in [2.05, 4.69) is 63.6 Å². The van der Waals surface area contributed by atoms with Crippen LogP contribution in [-0.4, -0.2) is 147 Å². The predicted octanol–water partition coefficient (Wildman–Crippen LogP) is 7.19. The number of carbonyl (C=O) groups is 5. The summed E-state index contributed by atoms with van der Waals surface area (Å²) in [7, 11) is 18.1. The van der Waals surface area contributed by atoms with E-state index in [9.17, 15) is 49.8 Å². The highest BCUT2D eigenvalue weighted by molar-refractivity contribution is 6.00. The number of aldehydes is 1. The molecule has 528 valence electrons. The lowest BCUT2D eigenvalue weighted by atomic mass is 10.1. The molecule has 31 nitrogen and oxygen atoms in total. The van der Waals surface area contributed by atoms with Gasteiger partial charge in [0.25, 0.3) is 36.6 Å². The fourth-order valence-corrected chi connectivity index (χ4v) is 7.82. The van der Waals surface area contributed by atoms with Gasteiger partial charge in [0.2, 0.25) is 11.5 Å². The van der Waals surface area contributed by atoms with E-state index < -0.39 is 23.5 Å². The Morgan fingerprint density at radius 3 is 1.45 bits per heavy atom. The number of para-hydroxylation sites is 3. The van der Waals surface area contributed by atoms with Gasteiger partial charge < -0.3 is 40.2 Å². The normalized spacial score (nSPS) is 12.3. The number of nitrogens with zero attached hydrogens (tertiary/aromatic N) is 19. The Kier molecular flexibility index (Phi) is 38.6. The number of aromatic nitrogens is 9. The van der Waals surface area contributed by atoms with Gasteiger partial charge in [-0.2, -0.15) is 15.3 Å². The van der Waals surface area contributed by atoms with Crippen LogP contribution in [0.15, 0.2) is 237 Å². The first-order valence-corrected chi connectivity index (χ1v) is 29.9. The summed E-state index contributed by atoms with van der Waals surface area (Å²) in [6.45, 7) is 22.9. The number of nitroso groups, excluding NO2 is 1. The number of aryl methyl sites for hydroxylation is 6. The van der Waals surface area contributed by atoms with Crippen molar-refractivity contribution in [3.8, 4) is 0 Å². The molecule has 0 spiro atoms. The van der Waals surface area contributed by atoms with Crippen LogP contribution >= 0.6 is 0 Å². The first kappa shape index (κ1) is 84.7. The molecule has 0 saturated carbocycles. The highest BCUT2D eigenvalue weighted by Gasteiger charge is 2.39. The minimum atomic E-state index is -1.89. The number of hydroxylamine groups is 3. The van der Waals surface area contributed by atoms with Crippen LogP contribution in [0.3, 0.4) is 0 Å². The lowest BCUT2D eigenvalue weighted by Crippen LogP contribution is -2.51. The second-order valence-corrected chi connectivity index (χ2v) is 20.1. The number of amides is 2. The number of carbonyl (C=O) groups excluding carboxylic acids is 5. The molecule has 31 heteroatoms. The highest BCUT2D eigenvalue weighted by atomic mass is 16.7. The number of anilines is 3. The monoisotopic (exact) mass is 1370 g/mol. The lowest BCUT2D eigenvalue weighted by molar-refractivity contribution is -0.686. The Morgan fingerprint density at radius 1 is 0.657 bits per heavy atom. The molecule has 2 aliphatic heterocycles. The summed E-state index contributed by atoms with van der Waals surface area (Å²) in [4.78, 5) is 72.2. The molecular weight excluding hydrogens is 1270 g/mol. The molecule has 9 rings (SSSR count). The van der Waals surface area contributed by atoms with Gasteiger partial charge >= 0.3 is 17.6 Å². The number of ketones is 1. The number of rotatable bonds is 15. The van der Waals surface area contributed by atoms with Gasteiger partial charge in [-0.15, -0.1) is 24.0 Å². The number of aliphatic hydroxyl groups excluding tert-OH is 2. The van der Waals surface area contributed by atoms with Gasteiger partial charge in [0, 0.05) is 62.0 Å². The van der Waals surface area contributed by atoms with Gasteiger partial charge in [0.1, 0.15) is 31.3 Å². The van der Waals surface area contributed by atoms with E-state index in [1.165, 1.54) is 29.2 Å². The largest absolute Gasteiger partial charge is 0.756 e. The zero-order valence-electron chi connectivity index (χ0n) is 58.2. The average molecular weight is 1370 g/mol. The van der Waals surface area contributed by atoms with Crippen molar-refractivity contribution < 1.29 is 63.0 Å². The molecule has 0 aliphatic carbocycles. The molecule has 2 aliphatic rings. The number of Topliss-reactive ketones (excluding diaryl/α,β-unsaturated/α-hetero) is 1. The molecule has 1 atom stereocenters. The molecule has 0 saturated heterocycles. The van der Waals surface area contributed by atoms with Gasteiger partial charge in [-0.05, 0) is 97.1 Å². The van der Waals surface area contributed by atoms with E-state index in [-0.39, 0.29) is 23.7 Å². The standard InChI is InChI=1S/C13H16N4O2.C12H13NO3.C9H9NO2.C7H12N3O.2C7H11N3O.C6H5NO.C4H9N3.C3H4O/c1-4-13(18,12-15(2)10-14-16(12)3)17(19)11-8-6-5-7-9-11;1-3-11(14)13(16-12(15)4-2)10-8-6-5-7-9-10;1-2-9(11)10(12)8-6-4-3-5-7-8;3*1-4-6(11)7-9(2)5-8-10(7)3;8-7-6-4-2-1-3-5-6;1-6-3-5-7(2)4-6;1-2-3-4/h4-10,18H,1H2,2-3H3;3,5-9H,1,4H2,2H3;2-7,12H,1H2;5H,4H2,1-3H3;4-5H,1-3H3;4-5,11H,1H2,2-3H3;1-5H;3H,4H2,1-2H3;2-3H,1H2/q;;;+1;;;;;/p+1/b;;;;6-4-;7-6-;;;. The van der Waals surface area contributed by atoms with E-state index >= 15 is 0 Å². The topological polar surface area (TPSA) is 340 Å². The minimum absolute atomic E-state index is 0.118.